The van der Waals surface area contributed by atoms with Crippen molar-refractivity contribution in [3.8, 4) is 11.1 Å². The van der Waals surface area contributed by atoms with Gasteiger partial charge in [-0.15, -0.1) is 0 Å². The maximum Gasteiger partial charge on any atom is 0.315 e. The molecule has 5 fully saturated rings. The highest BCUT2D eigenvalue weighted by Gasteiger charge is 2.51. The monoisotopic (exact) mass is 699 g/mol. The van der Waals surface area contributed by atoms with Gasteiger partial charge in [0.1, 0.15) is 0 Å². The van der Waals surface area contributed by atoms with Crippen molar-refractivity contribution in [2.24, 2.45) is 17.8 Å². The molecule has 52 heavy (non-hydrogen) atoms. The molecule has 7 heteroatoms. The fourth-order valence-corrected chi connectivity index (χ4v) is 9.96. The summed E-state index contributed by atoms with van der Waals surface area (Å²) < 4.78 is 13.5. The summed E-state index contributed by atoms with van der Waals surface area (Å²) in [5.41, 5.74) is 7.44. The molecule has 2 amide bonds. The molecule has 272 valence electrons. The average Bonchev–Trinajstić information content (AvgIpc) is 3.16. The number of urea groups is 1. The van der Waals surface area contributed by atoms with E-state index >= 15 is 0 Å². The van der Waals surface area contributed by atoms with Crippen LogP contribution in [-0.2, 0) is 22.6 Å². The van der Waals surface area contributed by atoms with Crippen molar-refractivity contribution >= 4 is 6.03 Å². The van der Waals surface area contributed by atoms with Crippen molar-refractivity contribution in [3.05, 3.63) is 131 Å². The highest BCUT2D eigenvalue weighted by molar-refractivity contribution is 5.75. The molecule has 1 saturated heterocycles. The van der Waals surface area contributed by atoms with Crippen molar-refractivity contribution in [2.45, 2.75) is 95.1 Å². The van der Waals surface area contributed by atoms with Crippen molar-refractivity contribution < 1.29 is 19.4 Å². The standard InChI is InChI=1S/C45H53N3O4/c1-30(36-9-4-3-5-10-36)48(2)28-41-23-42(37-16-14-31(29-49)15-17-37)52-43(51-41)40-13-7-12-39(22-40)38-11-6-8-32(21-38)27-46-44(50)47-45-24-33-18-34(25-45)20-35(19-33)26-45/h3-17,21-22,30,33-35,41-43,49H,18-20,23-29H2,1-2H3,(H2,46,47,50)/t30-,33?,34?,35?,41+,42-,43-,45?/m0/s1. The van der Waals surface area contributed by atoms with Crippen LogP contribution in [0.2, 0.25) is 0 Å². The molecule has 4 bridgehead atoms. The van der Waals surface area contributed by atoms with Crippen LogP contribution in [0, 0.1) is 17.8 Å². The van der Waals surface area contributed by atoms with E-state index in [1.165, 1.54) is 24.8 Å². The van der Waals surface area contributed by atoms with Gasteiger partial charge < -0.3 is 25.2 Å². The number of carbonyl (C=O) groups is 1. The number of carbonyl (C=O) groups excluding carboxylic acids is 1. The lowest BCUT2D eigenvalue weighted by Gasteiger charge is -2.56. The van der Waals surface area contributed by atoms with Gasteiger partial charge in [-0.1, -0.05) is 91.0 Å². The van der Waals surface area contributed by atoms with E-state index in [9.17, 15) is 9.90 Å². The second kappa shape index (κ2) is 15.2. The lowest BCUT2D eigenvalue weighted by Crippen LogP contribution is -2.61. The van der Waals surface area contributed by atoms with Gasteiger partial charge in [0.2, 0.25) is 0 Å². The number of amides is 2. The number of aliphatic hydroxyl groups is 1. The zero-order chi connectivity index (χ0) is 35.7. The Kier molecular flexibility index (Phi) is 10.2. The largest absolute Gasteiger partial charge is 0.392 e. The number of nitrogens with zero attached hydrogens (tertiary/aromatic N) is 1. The molecule has 1 heterocycles. The first kappa shape index (κ1) is 35.0. The van der Waals surface area contributed by atoms with Crippen LogP contribution in [0.5, 0.6) is 0 Å². The van der Waals surface area contributed by atoms with Gasteiger partial charge in [0.05, 0.1) is 18.8 Å². The first-order valence-corrected chi connectivity index (χ1v) is 19.3. The minimum absolute atomic E-state index is 0.000829. The van der Waals surface area contributed by atoms with Crippen LogP contribution in [0.25, 0.3) is 11.1 Å². The first-order chi connectivity index (χ1) is 25.3. The average molecular weight is 700 g/mol. The quantitative estimate of drug-likeness (QED) is 0.146. The fourth-order valence-electron chi connectivity index (χ4n) is 9.96. The molecular formula is C45H53N3O4. The van der Waals surface area contributed by atoms with E-state index in [1.54, 1.807) is 0 Å². The second-order valence-corrected chi connectivity index (χ2v) is 16.2. The summed E-state index contributed by atoms with van der Waals surface area (Å²) in [4.78, 5) is 15.5. The Morgan fingerprint density at radius 1 is 0.788 bits per heavy atom. The van der Waals surface area contributed by atoms with Crippen molar-refractivity contribution in [1.82, 2.24) is 15.5 Å². The predicted octanol–water partition coefficient (Wildman–Crippen LogP) is 8.85. The Morgan fingerprint density at radius 2 is 1.46 bits per heavy atom. The van der Waals surface area contributed by atoms with Crippen LogP contribution < -0.4 is 10.6 Å². The van der Waals surface area contributed by atoms with E-state index in [-0.39, 0.29) is 36.4 Å². The summed E-state index contributed by atoms with van der Waals surface area (Å²) in [6.45, 7) is 3.49. The Morgan fingerprint density at radius 3 is 2.15 bits per heavy atom. The molecule has 0 unspecified atom stereocenters. The molecule has 0 aromatic heterocycles. The highest BCUT2D eigenvalue weighted by atomic mass is 16.7. The molecule has 4 saturated carbocycles. The minimum atomic E-state index is -0.542. The lowest BCUT2D eigenvalue weighted by molar-refractivity contribution is -0.253. The van der Waals surface area contributed by atoms with Crippen LogP contribution in [0.1, 0.15) is 98.1 Å². The van der Waals surface area contributed by atoms with Gasteiger partial charge in [0.25, 0.3) is 0 Å². The summed E-state index contributed by atoms with van der Waals surface area (Å²) in [6, 6.07) is 35.7. The molecule has 0 spiro atoms. The zero-order valence-corrected chi connectivity index (χ0v) is 30.5. The van der Waals surface area contributed by atoms with E-state index < -0.39 is 6.29 Å². The molecule has 9 rings (SSSR count). The molecule has 4 aromatic rings. The summed E-state index contributed by atoms with van der Waals surface area (Å²) in [5, 5.41) is 16.2. The molecule has 3 N–H and O–H groups in total. The van der Waals surface area contributed by atoms with E-state index in [0.717, 1.165) is 83.4 Å². The topological polar surface area (TPSA) is 83.1 Å². The maximum atomic E-state index is 13.2. The van der Waals surface area contributed by atoms with Crippen LogP contribution in [0.15, 0.2) is 103 Å². The smallest absolute Gasteiger partial charge is 0.315 e. The SMILES string of the molecule is C[C@@H](c1ccccc1)N(C)C[C@H]1C[C@@H](c2ccc(CO)cc2)O[C@@H](c2cccc(-c3cccc(CNC(=O)NC45CC6CC(CC(C6)C4)C5)c3)c2)O1. The van der Waals surface area contributed by atoms with E-state index in [0.29, 0.717) is 6.54 Å². The van der Waals surface area contributed by atoms with Gasteiger partial charge in [-0.3, -0.25) is 4.90 Å². The van der Waals surface area contributed by atoms with Gasteiger partial charge in [-0.05, 0) is 116 Å². The lowest BCUT2D eigenvalue weighted by atomic mass is 9.53. The Labute approximate surface area is 308 Å². The fraction of sp³-hybridized carbons (Fsp3) is 0.444. The third kappa shape index (κ3) is 7.84. The number of rotatable bonds is 11. The number of hydrogen-bond donors (Lipinski definition) is 3. The second-order valence-electron chi connectivity index (χ2n) is 16.2. The van der Waals surface area contributed by atoms with Crippen molar-refractivity contribution in [2.75, 3.05) is 13.6 Å². The Balaban J connectivity index is 0.959. The van der Waals surface area contributed by atoms with Gasteiger partial charge in [0.15, 0.2) is 6.29 Å². The third-order valence-corrected chi connectivity index (χ3v) is 12.3. The van der Waals surface area contributed by atoms with Crippen LogP contribution in [-0.4, -0.2) is 41.3 Å². The van der Waals surface area contributed by atoms with Crippen LogP contribution in [0.3, 0.4) is 0 Å². The molecule has 4 atom stereocenters. The van der Waals surface area contributed by atoms with Gasteiger partial charge in [-0.2, -0.15) is 0 Å². The summed E-state index contributed by atoms with van der Waals surface area (Å²) in [7, 11) is 2.16. The number of benzene rings is 4. The molecule has 1 aliphatic heterocycles. The Hall–Kier alpha value is -4.01. The number of ether oxygens (including phenoxy) is 2. The summed E-state index contributed by atoms with van der Waals surface area (Å²) >= 11 is 0. The van der Waals surface area contributed by atoms with E-state index in [2.05, 4.69) is 121 Å². The predicted molar refractivity (Wildman–Crippen MR) is 204 cm³/mol. The van der Waals surface area contributed by atoms with Crippen molar-refractivity contribution in [3.63, 3.8) is 0 Å². The van der Waals surface area contributed by atoms with Gasteiger partial charge in [-0.25, -0.2) is 4.79 Å². The zero-order valence-electron chi connectivity index (χ0n) is 30.5. The Bertz CT molecular complexity index is 1790. The molecule has 4 aromatic carbocycles. The maximum absolute atomic E-state index is 13.2. The van der Waals surface area contributed by atoms with Gasteiger partial charge >= 0.3 is 6.03 Å². The number of aliphatic hydroxyl groups excluding tert-OH is 1. The molecule has 7 nitrogen and oxygen atoms in total. The molecular weight excluding hydrogens is 647 g/mol. The normalized spacial score (nSPS) is 28.5. The minimum Gasteiger partial charge on any atom is -0.392 e. The van der Waals surface area contributed by atoms with E-state index in [4.69, 9.17) is 9.47 Å². The van der Waals surface area contributed by atoms with E-state index in [1.807, 2.05) is 12.1 Å². The molecule has 4 aliphatic carbocycles. The number of nitrogens with one attached hydrogen (secondary N) is 2. The molecule has 0 radical (unpaired) electrons. The number of likely N-dealkylation sites (N-methyl/N-ethyl adjacent to an activating group) is 1. The summed E-state index contributed by atoms with van der Waals surface area (Å²) in [6.07, 6.45) is 7.50. The van der Waals surface area contributed by atoms with Crippen molar-refractivity contribution in [1.29, 1.82) is 0 Å². The number of hydrogen-bond acceptors (Lipinski definition) is 5. The first-order valence-electron chi connectivity index (χ1n) is 19.3. The third-order valence-electron chi connectivity index (χ3n) is 12.3. The van der Waals surface area contributed by atoms with Crippen LogP contribution in [0.4, 0.5) is 4.79 Å². The van der Waals surface area contributed by atoms with Gasteiger partial charge in [0, 0.05) is 36.7 Å². The highest BCUT2D eigenvalue weighted by Crippen LogP contribution is 2.55. The van der Waals surface area contributed by atoms with Crippen LogP contribution >= 0.6 is 0 Å². The molecule has 5 aliphatic rings. The summed E-state index contributed by atoms with van der Waals surface area (Å²) in [5.74, 6) is 2.38.